The molecule has 0 spiro atoms. The van der Waals surface area contributed by atoms with Crippen molar-refractivity contribution < 1.29 is 9.59 Å². The van der Waals surface area contributed by atoms with Crippen LogP contribution in [0.5, 0.6) is 0 Å². The second-order valence-electron chi connectivity index (χ2n) is 11.5. The molecule has 0 unspecified atom stereocenters. The van der Waals surface area contributed by atoms with Crippen LogP contribution in [0.2, 0.25) is 0 Å². The molecule has 3 aromatic rings. The lowest BCUT2D eigenvalue weighted by Crippen LogP contribution is -2.37. The molecule has 2 bridgehead atoms. The lowest BCUT2D eigenvalue weighted by molar-refractivity contribution is -0.116. The van der Waals surface area contributed by atoms with Crippen molar-refractivity contribution in [2.75, 3.05) is 11.9 Å². The van der Waals surface area contributed by atoms with Gasteiger partial charge in [0, 0.05) is 23.8 Å². The van der Waals surface area contributed by atoms with Crippen LogP contribution < -0.4 is 5.32 Å². The minimum atomic E-state index is -0.410. The molecule has 2 atom stereocenters. The molecule has 2 aliphatic rings. The number of fused-ring (bicyclic) bond motifs is 2. The third-order valence-electron chi connectivity index (χ3n) is 7.60. The number of rotatable bonds is 5. The van der Waals surface area contributed by atoms with Gasteiger partial charge in [-0.25, -0.2) is 0 Å². The second-order valence-corrected chi connectivity index (χ2v) is 11.5. The molecule has 1 N–H and O–H groups in total. The normalized spacial score (nSPS) is 22.7. The van der Waals surface area contributed by atoms with Crippen LogP contribution >= 0.6 is 0 Å². The van der Waals surface area contributed by atoms with Gasteiger partial charge in [-0.15, -0.1) is 0 Å². The lowest BCUT2D eigenvalue weighted by atomic mass is 9.65. The molecule has 5 rings (SSSR count). The maximum Gasteiger partial charge on any atom is 0.254 e. The summed E-state index contributed by atoms with van der Waals surface area (Å²) in [7, 11) is 0. The van der Waals surface area contributed by atoms with Crippen molar-refractivity contribution in [3.05, 3.63) is 102 Å². The van der Waals surface area contributed by atoms with Crippen LogP contribution in [0.15, 0.2) is 84.9 Å². The Hall–Kier alpha value is -3.40. The Kier molecular flexibility index (Phi) is 6.00. The monoisotopic (exact) mass is 466 g/mol. The fourth-order valence-electron chi connectivity index (χ4n) is 6.56. The molecule has 1 aliphatic heterocycles. The van der Waals surface area contributed by atoms with E-state index < -0.39 is 5.92 Å². The zero-order chi connectivity index (χ0) is 24.6. The molecule has 1 saturated heterocycles. The van der Waals surface area contributed by atoms with E-state index >= 15 is 0 Å². The molecular weight excluding hydrogens is 432 g/mol. The SMILES string of the molecule is CC1(C)C[C@H]2C[C@@](C)(CN2C(=O)c2ccc(NC(=O)C(c3ccccc3)c3ccccc3)cc2)C1. The first-order valence-electron chi connectivity index (χ1n) is 12.5. The van der Waals surface area contributed by atoms with Crippen LogP contribution in [-0.4, -0.2) is 29.3 Å². The van der Waals surface area contributed by atoms with E-state index in [0.29, 0.717) is 17.3 Å². The Morgan fingerprint density at radius 3 is 1.97 bits per heavy atom. The Morgan fingerprint density at radius 1 is 0.829 bits per heavy atom. The zero-order valence-corrected chi connectivity index (χ0v) is 20.8. The van der Waals surface area contributed by atoms with Crippen LogP contribution in [-0.2, 0) is 4.79 Å². The molecule has 3 aromatic carbocycles. The lowest BCUT2D eigenvalue weighted by Gasteiger charge is -2.39. The van der Waals surface area contributed by atoms with Gasteiger partial charge in [0.2, 0.25) is 5.91 Å². The fourth-order valence-corrected chi connectivity index (χ4v) is 6.56. The summed E-state index contributed by atoms with van der Waals surface area (Å²) in [5.41, 5.74) is 3.74. The second kappa shape index (κ2) is 8.99. The number of likely N-dealkylation sites (tertiary alicyclic amines) is 1. The molecule has 4 nitrogen and oxygen atoms in total. The van der Waals surface area contributed by atoms with Crippen molar-refractivity contribution in [3.63, 3.8) is 0 Å². The van der Waals surface area contributed by atoms with Crippen LogP contribution in [0.4, 0.5) is 5.69 Å². The molecule has 2 fully saturated rings. The predicted molar refractivity (Wildman–Crippen MR) is 140 cm³/mol. The third kappa shape index (κ3) is 4.88. The van der Waals surface area contributed by atoms with Gasteiger partial charge in [0.15, 0.2) is 0 Å². The molecule has 1 aliphatic carbocycles. The third-order valence-corrected chi connectivity index (χ3v) is 7.60. The standard InChI is InChI=1S/C31H34N2O2/c1-30(2)18-26-19-31(3,20-30)21-33(26)29(35)24-14-16-25(17-15-24)32-28(34)27(22-10-6-4-7-11-22)23-12-8-5-9-13-23/h4-17,26-27H,18-21H2,1-3H3,(H,32,34)/t26-,31+/m0/s1. The van der Waals surface area contributed by atoms with E-state index in [1.54, 1.807) is 0 Å². The highest BCUT2D eigenvalue weighted by Crippen LogP contribution is 2.52. The predicted octanol–water partition coefficient (Wildman–Crippen LogP) is 6.50. The van der Waals surface area contributed by atoms with Crippen LogP contribution in [0.25, 0.3) is 0 Å². The molecule has 1 saturated carbocycles. The van der Waals surface area contributed by atoms with Crippen LogP contribution in [0, 0.1) is 10.8 Å². The number of carbonyl (C=O) groups excluding carboxylic acids is 2. The minimum Gasteiger partial charge on any atom is -0.335 e. The van der Waals surface area contributed by atoms with Crippen molar-refractivity contribution in [2.45, 2.75) is 52.0 Å². The highest BCUT2D eigenvalue weighted by atomic mass is 16.2. The van der Waals surface area contributed by atoms with Gasteiger partial charge in [0.25, 0.3) is 5.91 Å². The fraction of sp³-hybridized carbons (Fsp3) is 0.355. The summed E-state index contributed by atoms with van der Waals surface area (Å²) in [6.07, 6.45) is 3.31. The van der Waals surface area contributed by atoms with Crippen molar-refractivity contribution >= 4 is 17.5 Å². The summed E-state index contributed by atoms with van der Waals surface area (Å²) in [4.78, 5) is 28.9. The molecule has 4 heteroatoms. The Balaban J connectivity index is 1.32. The van der Waals surface area contributed by atoms with E-state index in [2.05, 4.69) is 31.0 Å². The first kappa shape index (κ1) is 23.3. The minimum absolute atomic E-state index is 0.0926. The van der Waals surface area contributed by atoms with Crippen molar-refractivity contribution in [2.24, 2.45) is 10.8 Å². The van der Waals surface area contributed by atoms with Gasteiger partial charge in [-0.05, 0) is 65.5 Å². The molecule has 35 heavy (non-hydrogen) atoms. The highest BCUT2D eigenvalue weighted by Gasteiger charge is 2.51. The topological polar surface area (TPSA) is 49.4 Å². The van der Waals surface area contributed by atoms with Gasteiger partial charge in [-0.3, -0.25) is 9.59 Å². The van der Waals surface area contributed by atoms with Crippen LogP contribution in [0.3, 0.4) is 0 Å². The Bertz CT molecular complexity index is 1160. The van der Waals surface area contributed by atoms with E-state index in [1.807, 2.05) is 84.9 Å². The maximum atomic E-state index is 13.4. The quantitative estimate of drug-likeness (QED) is 0.467. The summed E-state index contributed by atoms with van der Waals surface area (Å²) in [5.74, 6) is -0.405. The first-order valence-corrected chi connectivity index (χ1v) is 12.5. The highest BCUT2D eigenvalue weighted by molar-refractivity contribution is 5.99. The van der Waals surface area contributed by atoms with E-state index in [4.69, 9.17) is 0 Å². The van der Waals surface area contributed by atoms with Crippen molar-refractivity contribution in [3.8, 4) is 0 Å². The molecule has 1 heterocycles. The number of nitrogens with one attached hydrogen (secondary N) is 1. The Labute approximate surface area is 208 Å². The van der Waals surface area contributed by atoms with E-state index in [-0.39, 0.29) is 22.6 Å². The number of amides is 2. The number of anilines is 1. The number of hydrogen-bond acceptors (Lipinski definition) is 2. The summed E-state index contributed by atoms with van der Waals surface area (Å²) >= 11 is 0. The number of carbonyl (C=O) groups is 2. The molecule has 2 amide bonds. The first-order chi connectivity index (χ1) is 16.7. The molecule has 0 aromatic heterocycles. The van der Waals surface area contributed by atoms with E-state index in [9.17, 15) is 9.59 Å². The number of nitrogens with zero attached hydrogens (tertiary/aromatic N) is 1. The summed E-state index contributed by atoms with van der Waals surface area (Å²) in [5, 5.41) is 3.06. The zero-order valence-electron chi connectivity index (χ0n) is 20.8. The molecular formula is C31H34N2O2. The van der Waals surface area contributed by atoms with Gasteiger partial charge in [0.1, 0.15) is 0 Å². The van der Waals surface area contributed by atoms with Crippen molar-refractivity contribution in [1.82, 2.24) is 4.90 Å². The largest absolute Gasteiger partial charge is 0.335 e. The Morgan fingerprint density at radius 2 is 1.40 bits per heavy atom. The maximum absolute atomic E-state index is 13.4. The number of benzene rings is 3. The van der Waals surface area contributed by atoms with Crippen molar-refractivity contribution in [1.29, 1.82) is 0 Å². The smallest absolute Gasteiger partial charge is 0.254 e. The van der Waals surface area contributed by atoms with Gasteiger partial charge in [-0.1, -0.05) is 81.4 Å². The molecule has 180 valence electrons. The van der Waals surface area contributed by atoms with Gasteiger partial charge < -0.3 is 10.2 Å². The van der Waals surface area contributed by atoms with E-state index in [1.165, 1.54) is 0 Å². The van der Waals surface area contributed by atoms with Gasteiger partial charge >= 0.3 is 0 Å². The summed E-state index contributed by atoms with van der Waals surface area (Å²) in [6, 6.07) is 27.3. The van der Waals surface area contributed by atoms with Gasteiger partial charge in [-0.2, -0.15) is 0 Å². The van der Waals surface area contributed by atoms with Gasteiger partial charge in [0.05, 0.1) is 5.92 Å². The average molecular weight is 467 g/mol. The van der Waals surface area contributed by atoms with E-state index in [0.717, 1.165) is 36.9 Å². The summed E-state index contributed by atoms with van der Waals surface area (Å²) in [6.45, 7) is 7.79. The molecule has 0 radical (unpaired) electrons. The van der Waals surface area contributed by atoms with Crippen LogP contribution in [0.1, 0.15) is 67.4 Å². The summed E-state index contributed by atoms with van der Waals surface area (Å²) < 4.78 is 0. The average Bonchev–Trinajstić information content (AvgIpc) is 3.09. The number of hydrogen-bond donors (Lipinski definition) is 1.